The maximum Gasteiger partial charge on any atom is 0.300 e. The number of ether oxygens (including phenoxy) is 1. The summed E-state index contributed by atoms with van der Waals surface area (Å²) in [6, 6.07) is 19.6. The number of unbranched alkanes of at least 4 members (excludes halogenated alkanes) is 2. The Morgan fingerprint density at radius 2 is 1.69 bits per heavy atom. The summed E-state index contributed by atoms with van der Waals surface area (Å²) >= 11 is 0. The third-order valence-electron chi connectivity index (χ3n) is 6.08. The topological polar surface area (TPSA) is 87.1 Å². The van der Waals surface area contributed by atoms with Gasteiger partial charge in [0, 0.05) is 11.3 Å². The fourth-order valence-electron chi connectivity index (χ4n) is 4.26. The third-order valence-corrected chi connectivity index (χ3v) is 6.08. The van der Waals surface area contributed by atoms with Crippen molar-refractivity contribution < 1.29 is 24.5 Å². The monoisotopic (exact) mass is 471 g/mol. The predicted molar refractivity (Wildman–Crippen MR) is 136 cm³/mol. The van der Waals surface area contributed by atoms with Crippen molar-refractivity contribution in [3.05, 3.63) is 95.1 Å². The van der Waals surface area contributed by atoms with Gasteiger partial charge in [0.1, 0.15) is 17.3 Å². The van der Waals surface area contributed by atoms with Crippen LogP contribution in [0, 0.1) is 6.92 Å². The molecule has 1 unspecified atom stereocenters. The SMILES string of the molecule is CCCCCOc1ccc(/C(O)=C2\C(=O)C(=O)N(c3cccc(C)c3)C2c2ccc(O)cc2)cc1. The molecule has 0 aromatic heterocycles. The van der Waals surface area contributed by atoms with Gasteiger partial charge in [0.25, 0.3) is 11.7 Å². The van der Waals surface area contributed by atoms with E-state index in [1.54, 1.807) is 42.5 Å². The largest absolute Gasteiger partial charge is 0.508 e. The molecule has 6 nitrogen and oxygen atoms in total. The number of aliphatic hydroxyl groups excluding tert-OH is 1. The van der Waals surface area contributed by atoms with Gasteiger partial charge in [-0.3, -0.25) is 14.5 Å². The fourth-order valence-corrected chi connectivity index (χ4v) is 4.26. The van der Waals surface area contributed by atoms with Crippen LogP contribution >= 0.6 is 0 Å². The molecule has 35 heavy (non-hydrogen) atoms. The number of aryl methyl sites for hydroxylation is 1. The summed E-state index contributed by atoms with van der Waals surface area (Å²) in [5.41, 5.74) is 2.50. The fraction of sp³-hybridized carbons (Fsp3) is 0.241. The first-order chi connectivity index (χ1) is 16.9. The maximum absolute atomic E-state index is 13.2. The minimum absolute atomic E-state index is 0.00110. The summed E-state index contributed by atoms with van der Waals surface area (Å²) in [5, 5.41) is 21.0. The zero-order chi connectivity index (χ0) is 24.9. The predicted octanol–water partition coefficient (Wildman–Crippen LogP) is 5.90. The molecule has 1 aliphatic rings. The molecule has 1 saturated heterocycles. The second-order valence-corrected chi connectivity index (χ2v) is 8.68. The van der Waals surface area contributed by atoms with Crippen LogP contribution in [0.15, 0.2) is 78.4 Å². The van der Waals surface area contributed by atoms with Crippen LogP contribution < -0.4 is 9.64 Å². The van der Waals surface area contributed by atoms with Crippen molar-refractivity contribution in [2.24, 2.45) is 0 Å². The Labute approximate surface area is 205 Å². The number of nitrogens with zero attached hydrogens (tertiary/aromatic N) is 1. The average Bonchev–Trinajstić information content (AvgIpc) is 3.12. The molecule has 1 heterocycles. The second-order valence-electron chi connectivity index (χ2n) is 8.68. The number of amides is 1. The molecule has 3 aromatic rings. The van der Waals surface area contributed by atoms with Crippen LogP contribution in [0.1, 0.15) is 48.9 Å². The van der Waals surface area contributed by atoms with Gasteiger partial charge in [-0.1, -0.05) is 44.0 Å². The van der Waals surface area contributed by atoms with Gasteiger partial charge in [0.15, 0.2) is 0 Å². The Balaban J connectivity index is 1.75. The van der Waals surface area contributed by atoms with Crippen molar-refractivity contribution in [3.63, 3.8) is 0 Å². The minimum Gasteiger partial charge on any atom is -0.508 e. The number of benzene rings is 3. The van der Waals surface area contributed by atoms with E-state index in [0.29, 0.717) is 29.2 Å². The standard InChI is InChI=1S/C29H29NO5/c1-3-4-5-17-35-24-15-11-21(12-16-24)27(32)25-26(20-9-13-23(31)14-10-20)30(29(34)28(25)33)22-8-6-7-19(2)18-22/h6-16,18,26,31-32H,3-5,17H2,1-2H3/b27-25+. The lowest BCUT2D eigenvalue weighted by Gasteiger charge is -2.25. The van der Waals surface area contributed by atoms with E-state index >= 15 is 0 Å². The summed E-state index contributed by atoms with van der Waals surface area (Å²) in [4.78, 5) is 27.8. The van der Waals surface area contributed by atoms with E-state index in [1.807, 2.05) is 25.1 Å². The number of carbonyl (C=O) groups excluding carboxylic acids is 2. The number of anilines is 1. The quantitative estimate of drug-likeness (QED) is 0.185. The average molecular weight is 472 g/mol. The first-order valence-electron chi connectivity index (χ1n) is 11.8. The summed E-state index contributed by atoms with van der Waals surface area (Å²) in [6.07, 6.45) is 3.17. The highest BCUT2D eigenvalue weighted by molar-refractivity contribution is 6.51. The Kier molecular flexibility index (Phi) is 7.20. The van der Waals surface area contributed by atoms with Gasteiger partial charge in [0.2, 0.25) is 0 Å². The molecule has 3 aromatic carbocycles. The van der Waals surface area contributed by atoms with Crippen molar-refractivity contribution in [1.82, 2.24) is 0 Å². The highest BCUT2D eigenvalue weighted by Gasteiger charge is 2.47. The van der Waals surface area contributed by atoms with Crippen molar-refractivity contribution in [3.8, 4) is 11.5 Å². The molecule has 0 bridgehead atoms. The molecular formula is C29H29NO5. The van der Waals surface area contributed by atoms with Crippen LogP contribution in [0.5, 0.6) is 11.5 Å². The van der Waals surface area contributed by atoms with Gasteiger partial charge in [-0.05, 0) is 73.0 Å². The summed E-state index contributed by atoms with van der Waals surface area (Å²) in [5.74, 6) is -0.995. The summed E-state index contributed by atoms with van der Waals surface area (Å²) < 4.78 is 5.74. The number of hydrogen-bond donors (Lipinski definition) is 2. The lowest BCUT2D eigenvalue weighted by Crippen LogP contribution is -2.29. The Morgan fingerprint density at radius 1 is 0.971 bits per heavy atom. The number of phenols is 1. The van der Waals surface area contributed by atoms with Crippen LogP contribution in [0.2, 0.25) is 0 Å². The zero-order valence-electron chi connectivity index (χ0n) is 19.9. The van der Waals surface area contributed by atoms with Gasteiger partial charge in [-0.25, -0.2) is 0 Å². The number of phenolic OH excluding ortho intramolecular Hbond substituents is 1. The van der Waals surface area contributed by atoms with Crippen molar-refractivity contribution in [2.45, 2.75) is 39.2 Å². The molecule has 0 saturated carbocycles. The molecular weight excluding hydrogens is 442 g/mol. The number of carbonyl (C=O) groups is 2. The van der Waals surface area contributed by atoms with E-state index in [4.69, 9.17) is 4.74 Å². The molecule has 1 amide bonds. The first kappa shape index (κ1) is 24.1. The van der Waals surface area contributed by atoms with E-state index in [1.165, 1.54) is 17.0 Å². The molecule has 6 heteroatoms. The smallest absolute Gasteiger partial charge is 0.300 e. The Hall–Kier alpha value is -4.06. The Bertz CT molecular complexity index is 1240. The molecule has 180 valence electrons. The number of aliphatic hydroxyl groups is 1. The van der Waals surface area contributed by atoms with Gasteiger partial charge in [-0.2, -0.15) is 0 Å². The van der Waals surface area contributed by atoms with E-state index in [2.05, 4.69) is 6.92 Å². The van der Waals surface area contributed by atoms with E-state index in [0.717, 1.165) is 24.8 Å². The van der Waals surface area contributed by atoms with Gasteiger partial charge < -0.3 is 14.9 Å². The summed E-state index contributed by atoms with van der Waals surface area (Å²) in [6.45, 7) is 4.65. The minimum atomic E-state index is -0.845. The second kappa shape index (κ2) is 10.5. The molecule has 4 rings (SSSR count). The number of aromatic hydroxyl groups is 1. The van der Waals surface area contributed by atoms with Gasteiger partial charge in [-0.15, -0.1) is 0 Å². The van der Waals surface area contributed by atoms with E-state index < -0.39 is 17.7 Å². The maximum atomic E-state index is 13.2. The van der Waals surface area contributed by atoms with Crippen LogP contribution in [-0.4, -0.2) is 28.5 Å². The van der Waals surface area contributed by atoms with E-state index in [9.17, 15) is 19.8 Å². The van der Waals surface area contributed by atoms with Crippen molar-refractivity contribution in [1.29, 1.82) is 0 Å². The number of rotatable bonds is 8. The number of Topliss-reactive ketones (excluding diaryl/α,β-unsaturated/α-hetero) is 1. The van der Waals surface area contributed by atoms with Crippen LogP contribution in [0.4, 0.5) is 5.69 Å². The third kappa shape index (κ3) is 5.06. The van der Waals surface area contributed by atoms with Crippen LogP contribution in [0.3, 0.4) is 0 Å². The summed E-state index contributed by atoms with van der Waals surface area (Å²) in [7, 11) is 0. The van der Waals surface area contributed by atoms with E-state index in [-0.39, 0.29) is 17.1 Å². The molecule has 1 aliphatic heterocycles. The Morgan fingerprint density at radius 3 is 2.34 bits per heavy atom. The van der Waals surface area contributed by atoms with Gasteiger partial charge >= 0.3 is 0 Å². The molecule has 2 N–H and O–H groups in total. The van der Waals surface area contributed by atoms with Crippen molar-refractivity contribution in [2.75, 3.05) is 11.5 Å². The molecule has 0 aliphatic carbocycles. The first-order valence-corrected chi connectivity index (χ1v) is 11.8. The molecule has 1 atom stereocenters. The highest BCUT2D eigenvalue weighted by atomic mass is 16.5. The lowest BCUT2D eigenvalue weighted by molar-refractivity contribution is -0.132. The molecule has 0 radical (unpaired) electrons. The van der Waals surface area contributed by atoms with Gasteiger partial charge in [0.05, 0.1) is 18.2 Å². The van der Waals surface area contributed by atoms with Crippen LogP contribution in [-0.2, 0) is 9.59 Å². The van der Waals surface area contributed by atoms with Crippen molar-refractivity contribution >= 4 is 23.1 Å². The zero-order valence-corrected chi connectivity index (χ0v) is 19.9. The van der Waals surface area contributed by atoms with Crippen LogP contribution in [0.25, 0.3) is 5.76 Å². The normalized spacial score (nSPS) is 17.1. The molecule has 0 spiro atoms. The number of ketones is 1. The number of hydrogen-bond acceptors (Lipinski definition) is 5. The highest BCUT2D eigenvalue weighted by Crippen LogP contribution is 2.42. The molecule has 1 fully saturated rings. The lowest BCUT2D eigenvalue weighted by atomic mass is 9.95.